The summed E-state index contributed by atoms with van der Waals surface area (Å²) in [6.07, 6.45) is 0.979. The smallest absolute Gasteiger partial charge is 0.263 e. The molecule has 0 heterocycles. The molecule has 5 nitrogen and oxygen atoms in total. The third-order valence-corrected chi connectivity index (χ3v) is 3.98. The summed E-state index contributed by atoms with van der Waals surface area (Å²) in [6, 6.07) is 9.10. The molecule has 108 valence electrons. The zero-order chi connectivity index (χ0) is 15.6. The lowest BCUT2D eigenvalue weighted by atomic mass is 9.99. The molecule has 0 atom stereocenters. The molecule has 2 aromatic carbocycles. The van der Waals surface area contributed by atoms with Crippen molar-refractivity contribution in [3.8, 4) is 11.1 Å². The highest BCUT2D eigenvalue weighted by Gasteiger charge is 2.18. The molecule has 7 heteroatoms. The number of amides is 1. The Labute approximate surface area is 120 Å². The summed E-state index contributed by atoms with van der Waals surface area (Å²) in [5, 5.41) is 2.31. The molecule has 2 rings (SSSR count). The third kappa shape index (κ3) is 3.19. The number of nitrogens with zero attached hydrogens (tertiary/aromatic N) is 1. The molecule has 2 aromatic rings. The maximum Gasteiger partial charge on any atom is 0.317 e. The summed E-state index contributed by atoms with van der Waals surface area (Å²) in [5.41, 5.74) is 0.409. The van der Waals surface area contributed by atoms with Crippen LogP contribution in [0.2, 0.25) is 0 Å². The molecule has 0 aliphatic rings. The Morgan fingerprint density at radius 1 is 1.14 bits per heavy atom. The van der Waals surface area contributed by atoms with Crippen LogP contribution in [0.1, 0.15) is 10.4 Å². The topological polar surface area (TPSA) is 80.6 Å². The molecule has 0 aromatic heterocycles. The van der Waals surface area contributed by atoms with Crippen molar-refractivity contribution in [2.24, 2.45) is 5.18 Å². The average Bonchev–Trinajstić information content (AvgIpc) is 2.45. The minimum atomic E-state index is -3.54. The van der Waals surface area contributed by atoms with E-state index in [4.69, 9.17) is 0 Å². The van der Waals surface area contributed by atoms with Crippen LogP contribution in [-0.4, -0.2) is 20.6 Å². The Morgan fingerprint density at radius 3 is 2.43 bits per heavy atom. The van der Waals surface area contributed by atoms with Crippen molar-refractivity contribution in [2.45, 2.75) is 4.90 Å². The lowest BCUT2D eigenvalue weighted by Gasteiger charge is -2.08. The van der Waals surface area contributed by atoms with Crippen LogP contribution in [0.4, 0.5) is 4.39 Å². The summed E-state index contributed by atoms with van der Waals surface area (Å²) in [7, 11) is -3.54. The fourth-order valence-electron chi connectivity index (χ4n) is 1.89. The quantitative estimate of drug-likeness (QED) is 0.817. The van der Waals surface area contributed by atoms with E-state index in [1.54, 1.807) is 6.07 Å². The van der Waals surface area contributed by atoms with Gasteiger partial charge in [0.25, 0.3) is 0 Å². The second-order valence-electron chi connectivity index (χ2n) is 4.39. The number of nitroso groups, excluding NO2 is 1. The second-order valence-corrected chi connectivity index (χ2v) is 6.40. The largest absolute Gasteiger partial charge is 0.317 e. The number of benzene rings is 2. The van der Waals surface area contributed by atoms with Crippen LogP contribution in [0.15, 0.2) is 52.5 Å². The lowest BCUT2D eigenvalue weighted by Crippen LogP contribution is -2.03. The van der Waals surface area contributed by atoms with Gasteiger partial charge in [-0.2, -0.15) is 0 Å². The van der Waals surface area contributed by atoms with Gasteiger partial charge in [-0.05, 0) is 35.4 Å². The number of carbonyl (C=O) groups excluding carboxylic acids is 1. The summed E-state index contributed by atoms with van der Waals surface area (Å²) < 4.78 is 36.3. The van der Waals surface area contributed by atoms with Gasteiger partial charge in [-0.15, -0.1) is 4.91 Å². The molecule has 0 unspecified atom stereocenters. The number of hydrogen-bond acceptors (Lipinski definition) is 4. The second kappa shape index (κ2) is 5.53. The van der Waals surface area contributed by atoms with Gasteiger partial charge in [0, 0.05) is 11.4 Å². The van der Waals surface area contributed by atoms with E-state index in [1.165, 1.54) is 30.3 Å². The molecule has 0 spiro atoms. The molecule has 0 saturated carbocycles. The Balaban J connectivity index is 2.72. The Morgan fingerprint density at radius 2 is 1.86 bits per heavy atom. The van der Waals surface area contributed by atoms with E-state index in [9.17, 15) is 22.5 Å². The highest BCUT2D eigenvalue weighted by atomic mass is 32.2. The fraction of sp³-hybridized carbons (Fsp3) is 0.0714. The van der Waals surface area contributed by atoms with Crippen LogP contribution in [-0.2, 0) is 9.84 Å². The van der Waals surface area contributed by atoms with Crippen LogP contribution < -0.4 is 0 Å². The minimum Gasteiger partial charge on any atom is -0.263 e. The van der Waals surface area contributed by atoms with Crippen molar-refractivity contribution in [2.75, 3.05) is 6.26 Å². The number of carbonyl (C=O) groups is 1. The van der Waals surface area contributed by atoms with Gasteiger partial charge in [0.1, 0.15) is 5.82 Å². The molecule has 0 radical (unpaired) electrons. The van der Waals surface area contributed by atoms with Gasteiger partial charge in [0.15, 0.2) is 9.84 Å². The Kier molecular flexibility index (Phi) is 3.95. The van der Waals surface area contributed by atoms with Gasteiger partial charge in [-0.3, -0.25) is 4.79 Å². The van der Waals surface area contributed by atoms with Crippen molar-refractivity contribution in [1.82, 2.24) is 0 Å². The first kappa shape index (κ1) is 15.0. The predicted octanol–water partition coefficient (Wildman–Crippen LogP) is 2.80. The molecule has 1 amide bonds. The Hall–Kier alpha value is -2.41. The van der Waals surface area contributed by atoms with Crippen LogP contribution in [0.5, 0.6) is 0 Å². The van der Waals surface area contributed by atoms with Crippen molar-refractivity contribution in [1.29, 1.82) is 0 Å². The number of sulfone groups is 1. The normalized spacial score (nSPS) is 11.1. The molecular formula is C14H10FNO4S. The highest BCUT2D eigenvalue weighted by Crippen LogP contribution is 2.27. The van der Waals surface area contributed by atoms with E-state index in [2.05, 4.69) is 5.18 Å². The monoisotopic (exact) mass is 307 g/mol. The highest BCUT2D eigenvalue weighted by molar-refractivity contribution is 7.90. The van der Waals surface area contributed by atoms with Crippen molar-refractivity contribution in [3.63, 3.8) is 0 Å². The van der Waals surface area contributed by atoms with E-state index in [0.29, 0.717) is 5.56 Å². The zero-order valence-corrected chi connectivity index (χ0v) is 11.7. The molecule has 0 aliphatic carbocycles. The SMILES string of the molecule is CS(=O)(=O)c1ccc(-c2cccc(F)c2)c(C(=O)N=O)c1. The number of rotatable bonds is 3. The van der Waals surface area contributed by atoms with E-state index >= 15 is 0 Å². The van der Waals surface area contributed by atoms with E-state index in [0.717, 1.165) is 12.3 Å². The van der Waals surface area contributed by atoms with Gasteiger partial charge in [-0.25, -0.2) is 12.8 Å². The molecular weight excluding hydrogens is 297 g/mol. The maximum absolute atomic E-state index is 13.3. The van der Waals surface area contributed by atoms with Gasteiger partial charge in [-0.1, -0.05) is 18.2 Å². The lowest BCUT2D eigenvalue weighted by molar-refractivity contribution is 0.100. The summed E-state index contributed by atoms with van der Waals surface area (Å²) in [4.78, 5) is 22.0. The minimum absolute atomic E-state index is 0.116. The molecule has 0 bridgehead atoms. The van der Waals surface area contributed by atoms with Gasteiger partial charge in [0.2, 0.25) is 0 Å². The van der Waals surface area contributed by atoms with Crippen molar-refractivity contribution in [3.05, 3.63) is 58.8 Å². The van der Waals surface area contributed by atoms with E-state index in [-0.39, 0.29) is 16.0 Å². The predicted molar refractivity (Wildman–Crippen MR) is 75.1 cm³/mol. The first-order chi connectivity index (χ1) is 9.82. The molecule has 0 N–H and O–H groups in total. The number of hydrogen-bond donors (Lipinski definition) is 0. The van der Waals surface area contributed by atoms with E-state index in [1.807, 2.05) is 0 Å². The summed E-state index contributed by atoms with van der Waals surface area (Å²) in [6.45, 7) is 0. The van der Waals surface area contributed by atoms with Crippen LogP contribution in [0, 0.1) is 10.7 Å². The van der Waals surface area contributed by atoms with Gasteiger partial charge >= 0.3 is 5.91 Å². The zero-order valence-electron chi connectivity index (χ0n) is 10.9. The van der Waals surface area contributed by atoms with Gasteiger partial charge in [0.05, 0.1) is 10.5 Å². The standard InChI is InChI=1S/C14H10FNO4S/c1-21(19,20)11-5-6-12(13(8-11)14(17)16-18)9-3-2-4-10(15)7-9/h2-8H,1H3. The number of halogens is 1. The summed E-state index contributed by atoms with van der Waals surface area (Å²) in [5.74, 6) is -1.63. The average molecular weight is 307 g/mol. The van der Waals surface area contributed by atoms with Gasteiger partial charge < -0.3 is 0 Å². The van der Waals surface area contributed by atoms with Crippen molar-refractivity contribution >= 4 is 15.7 Å². The molecule has 21 heavy (non-hydrogen) atoms. The first-order valence-corrected chi connectivity index (χ1v) is 7.70. The van der Waals surface area contributed by atoms with Crippen LogP contribution >= 0.6 is 0 Å². The Bertz CT molecular complexity index is 831. The fourth-order valence-corrected chi connectivity index (χ4v) is 2.54. The first-order valence-electron chi connectivity index (χ1n) is 5.80. The third-order valence-electron chi connectivity index (χ3n) is 2.87. The molecule has 0 saturated heterocycles. The van der Waals surface area contributed by atoms with Crippen LogP contribution in [0.3, 0.4) is 0 Å². The van der Waals surface area contributed by atoms with Crippen molar-refractivity contribution < 1.29 is 17.6 Å². The summed E-state index contributed by atoms with van der Waals surface area (Å²) >= 11 is 0. The molecule has 0 aliphatic heterocycles. The molecule has 0 fully saturated rings. The van der Waals surface area contributed by atoms with E-state index < -0.39 is 21.6 Å². The maximum atomic E-state index is 13.3. The van der Waals surface area contributed by atoms with Crippen LogP contribution in [0.25, 0.3) is 11.1 Å².